The second-order valence-electron chi connectivity index (χ2n) is 7.06. The van der Waals surface area contributed by atoms with Crippen LogP contribution in [0.2, 0.25) is 0 Å². The van der Waals surface area contributed by atoms with Gasteiger partial charge in [-0.25, -0.2) is 4.79 Å². The van der Waals surface area contributed by atoms with Crippen molar-refractivity contribution in [2.75, 3.05) is 26.2 Å². The molecule has 2 aliphatic rings. The smallest absolute Gasteiger partial charge is 0.475 e. The van der Waals surface area contributed by atoms with Gasteiger partial charge in [0, 0.05) is 38.9 Å². The predicted molar refractivity (Wildman–Crippen MR) is 94.8 cm³/mol. The number of carboxylic acid groups (broad SMARTS) is 1. The van der Waals surface area contributed by atoms with Crippen molar-refractivity contribution in [2.45, 2.75) is 12.7 Å². The van der Waals surface area contributed by atoms with Gasteiger partial charge in [0.1, 0.15) is 6.26 Å². The number of nitrogens with zero attached hydrogens (tertiary/aromatic N) is 3. The van der Waals surface area contributed by atoms with E-state index in [1.807, 2.05) is 23.2 Å². The van der Waals surface area contributed by atoms with Crippen LogP contribution in [-0.4, -0.2) is 64.1 Å². The van der Waals surface area contributed by atoms with Crippen molar-refractivity contribution >= 4 is 11.9 Å². The number of furan rings is 1. The van der Waals surface area contributed by atoms with E-state index in [0.29, 0.717) is 17.4 Å². The van der Waals surface area contributed by atoms with Crippen LogP contribution >= 0.6 is 0 Å². The van der Waals surface area contributed by atoms with Crippen molar-refractivity contribution in [3.63, 3.8) is 0 Å². The van der Waals surface area contributed by atoms with Crippen molar-refractivity contribution in [3.8, 4) is 0 Å². The van der Waals surface area contributed by atoms with Crippen molar-refractivity contribution in [1.82, 2.24) is 14.8 Å². The minimum absolute atomic E-state index is 0.0967. The Morgan fingerprint density at radius 3 is 2.28 bits per heavy atom. The zero-order valence-corrected chi connectivity index (χ0v) is 15.4. The average Bonchev–Trinajstić information content (AvgIpc) is 3.38. The molecule has 0 spiro atoms. The maximum Gasteiger partial charge on any atom is 0.490 e. The second kappa shape index (κ2) is 8.64. The Morgan fingerprint density at radius 1 is 1.14 bits per heavy atom. The Morgan fingerprint density at radius 2 is 1.79 bits per heavy atom. The number of hydrogen-bond acceptors (Lipinski definition) is 5. The monoisotopic (exact) mass is 411 g/mol. The van der Waals surface area contributed by atoms with Gasteiger partial charge in [-0.15, -0.1) is 0 Å². The molecule has 2 aliphatic heterocycles. The summed E-state index contributed by atoms with van der Waals surface area (Å²) in [5, 5.41) is 7.12. The number of hydrogen-bond donors (Lipinski definition) is 1. The first-order chi connectivity index (χ1) is 13.7. The van der Waals surface area contributed by atoms with E-state index < -0.39 is 12.1 Å². The quantitative estimate of drug-likeness (QED) is 0.835. The van der Waals surface area contributed by atoms with E-state index in [4.69, 9.17) is 14.3 Å². The number of carbonyl (C=O) groups excluding carboxylic acids is 1. The lowest BCUT2D eigenvalue weighted by atomic mass is 10.0. The van der Waals surface area contributed by atoms with E-state index in [0.717, 1.165) is 38.4 Å². The summed E-state index contributed by atoms with van der Waals surface area (Å²) in [7, 11) is 0. The van der Waals surface area contributed by atoms with Crippen LogP contribution in [0.25, 0.3) is 0 Å². The maximum atomic E-state index is 12.4. The van der Waals surface area contributed by atoms with E-state index in [-0.39, 0.29) is 5.91 Å². The van der Waals surface area contributed by atoms with Gasteiger partial charge in [-0.05, 0) is 30.0 Å². The molecule has 156 valence electrons. The summed E-state index contributed by atoms with van der Waals surface area (Å²) in [4.78, 5) is 30.1. The molecule has 7 nitrogen and oxygen atoms in total. The fourth-order valence-corrected chi connectivity index (χ4v) is 3.67. The molecule has 1 amide bonds. The molecule has 2 unspecified atom stereocenters. The standard InChI is InChI=1S/C17H19N3O2.C2HF3O2/c21-17(13-4-6-22-12-13)20-9-14-7-19(8-15(14)10-20)11-16-3-1-2-5-18-16;3-2(4,5)1(6)7/h1-6,12,14-15H,7-11H2;(H,6,7). The van der Waals surface area contributed by atoms with Gasteiger partial charge in [0.25, 0.3) is 5.91 Å². The van der Waals surface area contributed by atoms with Crippen LogP contribution in [0.5, 0.6) is 0 Å². The third-order valence-electron chi connectivity index (χ3n) is 4.97. The number of halogens is 3. The number of aliphatic carboxylic acids is 1. The van der Waals surface area contributed by atoms with Crippen molar-refractivity contribution in [2.24, 2.45) is 11.8 Å². The SMILES string of the molecule is O=C(O)C(F)(F)F.O=C(c1ccoc1)N1CC2CN(Cc3ccccn3)CC2C1. The summed E-state index contributed by atoms with van der Waals surface area (Å²) in [5.74, 6) is -1.49. The Bertz CT molecular complexity index is 813. The van der Waals surface area contributed by atoms with Crippen LogP contribution < -0.4 is 0 Å². The number of alkyl halides is 3. The Labute approximate surface area is 164 Å². The van der Waals surface area contributed by atoms with Crippen LogP contribution in [0.3, 0.4) is 0 Å². The number of fused-ring (bicyclic) bond motifs is 1. The molecule has 2 fully saturated rings. The molecule has 0 aliphatic carbocycles. The minimum Gasteiger partial charge on any atom is -0.475 e. The maximum absolute atomic E-state index is 12.4. The van der Waals surface area contributed by atoms with Gasteiger partial charge in [-0.2, -0.15) is 13.2 Å². The molecular weight excluding hydrogens is 391 g/mol. The van der Waals surface area contributed by atoms with Crippen molar-refractivity contribution < 1.29 is 32.3 Å². The number of aromatic nitrogens is 1. The molecule has 0 bridgehead atoms. The van der Waals surface area contributed by atoms with Crippen LogP contribution in [0.1, 0.15) is 16.1 Å². The highest BCUT2D eigenvalue weighted by Crippen LogP contribution is 2.32. The third kappa shape index (κ3) is 5.35. The van der Waals surface area contributed by atoms with Crippen LogP contribution in [-0.2, 0) is 11.3 Å². The first-order valence-electron chi connectivity index (χ1n) is 8.98. The molecular formula is C19H20F3N3O4. The van der Waals surface area contributed by atoms with E-state index >= 15 is 0 Å². The zero-order valence-electron chi connectivity index (χ0n) is 15.4. The number of amides is 1. The summed E-state index contributed by atoms with van der Waals surface area (Å²) < 4.78 is 36.7. The summed E-state index contributed by atoms with van der Waals surface area (Å²) >= 11 is 0. The molecule has 2 aromatic heterocycles. The number of carboxylic acids is 1. The van der Waals surface area contributed by atoms with Gasteiger partial charge in [0.2, 0.25) is 0 Å². The molecule has 29 heavy (non-hydrogen) atoms. The molecule has 10 heteroatoms. The highest BCUT2D eigenvalue weighted by molar-refractivity contribution is 5.94. The van der Waals surface area contributed by atoms with Crippen LogP contribution in [0.15, 0.2) is 47.4 Å². The molecule has 4 heterocycles. The van der Waals surface area contributed by atoms with Crippen molar-refractivity contribution in [1.29, 1.82) is 0 Å². The topological polar surface area (TPSA) is 86.9 Å². The summed E-state index contributed by atoms with van der Waals surface area (Å²) in [6.45, 7) is 4.72. The number of rotatable bonds is 3. The van der Waals surface area contributed by atoms with Crippen LogP contribution in [0, 0.1) is 11.8 Å². The van der Waals surface area contributed by atoms with Gasteiger partial charge in [-0.1, -0.05) is 6.07 Å². The van der Waals surface area contributed by atoms with Gasteiger partial charge in [0.15, 0.2) is 0 Å². The van der Waals surface area contributed by atoms with Crippen LogP contribution in [0.4, 0.5) is 13.2 Å². The average molecular weight is 411 g/mol. The number of pyridine rings is 1. The van der Waals surface area contributed by atoms with Gasteiger partial charge < -0.3 is 14.4 Å². The van der Waals surface area contributed by atoms with Gasteiger partial charge in [0.05, 0.1) is 17.5 Å². The zero-order chi connectivity index (χ0) is 21.0. The van der Waals surface area contributed by atoms with E-state index in [1.165, 1.54) is 6.26 Å². The predicted octanol–water partition coefficient (Wildman–Crippen LogP) is 2.51. The normalized spacial score (nSPS) is 21.4. The largest absolute Gasteiger partial charge is 0.490 e. The lowest BCUT2D eigenvalue weighted by Crippen LogP contribution is -2.33. The fourth-order valence-electron chi connectivity index (χ4n) is 3.67. The second-order valence-corrected chi connectivity index (χ2v) is 7.06. The van der Waals surface area contributed by atoms with E-state index in [9.17, 15) is 18.0 Å². The third-order valence-corrected chi connectivity index (χ3v) is 4.97. The molecule has 1 N–H and O–H groups in total. The fraction of sp³-hybridized carbons (Fsp3) is 0.421. The lowest BCUT2D eigenvalue weighted by molar-refractivity contribution is -0.192. The molecule has 0 saturated carbocycles. The molecule has 0 radical (unpaired) electrons. The summed E-state index contributed by atoms with van der Waals surface area (Å²) in [5.41, 5.74) is 1.78. The minimum atomic E-state index is -5.08. The summed E-state index contributed by atoms with van der Waals surface area (Å²) in [6, 6.07) is 7.79. The Hall–Kier alpha value is -2.88. The summed E-state index contributed by atoms with van der Waals surface area (Å²) in [6.07, 6.45) is -0.153. The number of carbonyl (C=O) groups is 2. The van der Waals surface area contributed by atoms with Crippen molar-refractivity contribution in [3.05, 3.63) is 54.2 Å². The Balaban J connectivity index is 0.000000298. The lowest BCUT2D eigenvalue weighted by Gasteiger charge is -2.21. The van der Waals surface area contributed by atoms with Gasteiger partial charge in [-0.3, -0.25) is 14.7 Å². The highest BCUT2D eigenvalue weighted by Gasteiger charge is 2.41. The van der Waals surface area contributed by atoms with E-state index in [2.05, 4.69) is 16.0 Å². The van der Waals surface area contributed by atoms with E-state index in [1.54, 1.807) is 12.3 Å². The highest BCUT2D eigenvalue weighted by atomic mass is 19.4. The number of likely N-dealkylation sites (tertiary alicyclic amines) is 2. The Kier molecular flexibility index (Phi) is 6.21. The first kappa shape index (κ1) is 20.8. The molecule has 2 atom stereocenters. The molecule has 0 aromatic carbocycles. The molecule has 4 rings (SSSR count). The molecule has 2 saturated heterocycles. The first-order valence-corrected chi connectivity index (χ1v) is 8.98. The molecule has 2 aromatic rings. The van der Waals surface area contributed by atoms with Gasteiger partial charge >= 0.3 is 12.1 Å².